The number of nitrogens with one attached hydrogen (secondary N) is 1. The van der Waals surface area contributed by atoms with E-state index in [1.54, 1.807) is 30.2 Å². The highest BCUT2D eigenvalue weighted by Gasteiger charge is 2.35. The lowest BCUT2D eigenvalue weighted by Crippen LogP contribution is -2.41. The number of nitrogen functional groups attached to an aromatic ring is 1. The SMILES string of the molecule is COc1ccccc1N1CCC(NC(=O)c2cc(N)ccc2C)C1=O.Cl. The Morgan fingerprint density at radius 3 is 2.73 bits per heavy atom. The van der Waals surface area contributed by atoms with Crippen molar-refractivity contribution in [3.8, 4) is 5.75 Å². The molecule has 0 spiro atoms. The van der Waals surface area contributed by atoms with Crippen LogP contribution < -0.4 is 20.7 Å². The van der Waals surface area contributed by atoms with Crippen molar-refractivity contribution in [1.29, 1.82) is 0 Å². The van der Waals surface area contributed by atoms with Crippen LogP contribution in [-0.2, 0) is 4.79 Å². The van der Waals surface area contributed by atoms with Crippen LogP contribution in [0.15, 0.2) is 42.5 Å². The fraction of sp³-hybridized carbons (Fsp3) is 0.263. The summed E-state index contributed by atoms with van der Waals surface area (Å²) in [5, 5.41) is 2.82. The summed E-state index contributed by atoms with van der Waals surface area (Å²) in [6, 6.07) is 12.0. The molecule has 7 heteroatoms. The van der Waals surface area contributed by atoms with Crippen molar-refractivity contribution < 1.29 is 14.3 Å². The average Bonchev–Trinajstić information content (AvgIpc) is 2.97. The number of carbonyl (C=O) groups excluding carboxylic acids is 2. The summed E-state index contributed by atoms with van der Waals surface area (Å²) in [6.07, 6.45) is 0.546. The number of anilines is 2. The summed E-state index contributed by atoms with van der Waals surface area (Å²) in [5.74, 6) is 0.207. The zero-order chi connectivity index (χ0) is 18.0. The lowest BCUT2D eigenvalue weighted by atomic mass is 10.1. The number of carbonyl (C=O) groups is 2. The molecule has 2 aromatic carbocycles. The summed E-state index contributed by atoms with van der Waals surface area (Å²) in [5.41, 5.74) is 8.30. The van der Waals surface area contributed by atoms with E-state index in [-0.39, 0.29) is 24.2 Å². The number of aryl methyl sites for hydroxylation is 1. The first-order valence-electron chi connectivity index (χ1n) is 8.12. The van der Waals surface area contributed by atoms with Gasteiger partial charge in [-0.1, -0.05) is 18.2 Å². The van der Waals surface area contributed by atoms with Crippen molar-refractivity contribution >= 4 is 35.6 Å². The number of methoxy groups -OCH3 is 1. The van der Waals surface area contributed by atoms with E-state index in [4.69, 9.17) is 10.5 Å². The maximum absolute atomic E-state index is 12.7. The van der Waals surface area contributed by atoms with Crippen molar-refractivity contribution in [2.45, 2.75) is 19.4 Å². The summed E-state index contributed by atoms with van der Waals surface area (Å²) in [6.45, 7) is 2.37. The van der Waals surface area contributed by atoms with Gasteiger partial charge in [-0.15, -0.1) is 12.4 Å². The Labute approximate surface area is 158 Å². The number of rotatable bonds is 4. The predicted octanol–water partition coefficient (Wildman–Crippen LogP) is 2.54. The lowest BCUT2D eigenvalue weighted by molar-refractivity contribution is -0.118. The number of nitrogens with zero attached hydrogens (tertiary/aromatic N) is 1. The van der Waals surface area contributed by atoms with Gasteiger partial charge in [0.15, 0.2) is 0 Å². The van der Waals surface area contributed by atoms with Crippen molar-refractivity contribution in [2.75, 3.05) is 24.3 Å². The van der Waals surface area contributed by atoms with Crippen LogP contribution in [0.5, 0.6) is 5.75 Å². The number of para-hydroxylation sites is 2. The van der Waals surface area contributed by atoms with E-state index in [2.05, 4.69) is 5.32 Å². The van der Waals surface area contributed by atoms with E-state index in [1.165, 1.54) is 0 Å². The van der Waals surface area contributed by atoms with Gasteiger partial charge in [-0.3, -0.25) is 9.59 Å². The summed E-state index contributed by atoms with van der Waals surface area (Å²) in [7, 11) is 1.57. The number of amides is 2. The summed E-state index contributed by atoms with van der Waals surface area (Å²) < 4.78 is 5.33. The fourth-order valence-electron chi connectivity index (χ4n) is 3.03. The monoisotopic (exact) mass is 375 g/mol. The van der Waals surface area contributed by atoms with Gasteiger partial charge in [-0.25, -0.2) is 0 Å². The molecule has 0 saturated carbocycles. The topological polar surface area (TPSA) is 84.7 Å². The number of benzene rings is 2. The standard InChI is InChI=1S/C19H21N3O3.ClH/c1-12-7-8-13(20)11-14(12)18(23)21-15-9-10-22(19(15)24)16-5-3-4-6-17(16)25-2;/h3-8,11,15H,9-10,20H2,1-2H3,(H,21,23);1H. The van der Waals surface area contributed by atoms with Crippen molar-refractivity contribution in [2.24, 2.45) is 0 Å². The molecule has 0 radical (unpaired) electrons. The Morgan fingerprint density at radius 2 is 2.00 bits per heavy atom. The van der Waals surface area contributed by atoms with E-state index < -0.39 is 6.04 Å². The number of hydrogen-bond acceptors (Lipinski definition) is 4. The molecule has 6 nitrogen and oxygen atoms in total. The molecule has 138 valence electrons. The van der Waals surface area contributed by atoms with Gasteiger partial charge >= 0.3 is 0 Å². The third-order valence-electron chi connectivity index (χ3n) is 4.39. The second kappa shape index (κ2) is 8.10. The van der Waals surface area contributed by atoms with Gasteiger partial charge in [0.05, 0.1) is 12.8 Å². The van der Waals surface area contributed by atoms with Crippen molar-refractivity contribution in [3.05, 3.63) is 53.6 Å². The Hall–Kier alpha value is -2.73. The molecule has 1 saturated heterocycles. The molecule has 2 amide bonds. The molecular weight excluding hydrogens is 354 g/mol. The number of hydrogen-bond donors (Lipinski definition) is 2. The van der Waals surface area contributed by atoms with Gasteiger partial charge in [0.25, 0.3) is 5.91 Å². The van der Waals surface area contributed by atoms with Crippen molar-refractivity contribution in [3.63, 3.8) is 0 Å². The predicted molar refractivity (Wildman–Crippen MR) is 104 cm³/mol. The third kappa shape index (κ3) is 3.75. The van der Waals surface area contributed by atoms with Crippen LogP contribution >= 0.6 is 12.4 Å². The van der Waals surface area contributed by atoms with E-state index in [9.17, 15) is 9.59 Å². The van der Waals surface area contributed by atoms with Gasteiger partial charge in [0, 0.05) is 17.8 Å². The maximum atomic E-state index is 12.7. The quantitative estimate of drug-likeness (QED) is 0.804. The molecule has 3 rings (SSSR count). The van der Waals surface area contributed by atoms with Crippen LogP contribution in [0.2, 0.25) is 0 Å². The first-order chi connectivity index (χ1) is 12.0. The van der Waals surface area contributed by atoms with Crippen LogP contribution in [0, 0.1) is 6.92 Å². The zero-order valence-corrected chi connectivity index (χ0v) is 15.5. The van der Waals surface area contributed by atoms with Crippen LogP contribution in [0.1, 0.15) is 22.3 Å². The Bertz CT molecular complexity index is 825. The maximum Gasteiger partial charge on any atom is 0.252 e. The minimum atomic E-state index is -0.557. The lowest BCUT2D eigenvalue weighted by Gasteiger charge is -2.20. The largest absolute Gasteiger partial charge is 0.495 e. The normalized spacial score (nSPS) is 16.2. The third-order valence-corrected chi connectivity index (χ3v) is 4.39. The molecule has 1 unspecified atom stereocenters. The number of halogens is 1. The molecule has 1 heterocycles. The number of nitrogens with two attached hydrogens (primary N) is 1. The minimum absolute atomic E-state index is 0. The van der Waals surface area contributed by atoms with E-state index in [0.717, 1.165) is 5.56 Å². The van der Waals surface area contributed by atoms with E-state index in [1.807, 2.05) is 31.2 Å². The van der Waals surface area contributed by atoms with E-state index in [0.29, 0.717) is 35.7 Å². The second-order valence-corrected chi connectivity index (χ2v) is 6.05. The van der Waals surface area contributed by atoms with Crippen LogP contribution in [0.3, 0.4) is 0 Å². The molecule has 2 aromatic rings. The molecule has 3 N–H and O–H groups in total. The zero-order valence-electron chi connectivity index (χ0n) is 14.7. The Morgan fingerprint density at radius 1 is 1.27 bits per heavy atom. The first kappa shape index (κ1) is 19.6. The Balaban J connectivity index is 0.00000243. The van der Waals surface area contributed by atoms with Gasteiger partial charge in [0.2, 0.25) is 5.91 Å². The van der Waals surface area contributed by atoms with Gasteiger partial charge in [0.1, 0.15) is 11.8 Å². The fourth-order valence-corrected chi connectivity index (χ4v) is 3.03. The second-order valence-electron chi connectivity index (χ2n) is 6.05. The Kier molecular flexibility index (Phi) is 6.10. The molecular formula is C19H22ClN3O3. The molecule has 26 heavy (non-hydrogen) atoms. The van der Waals surface area contributed by atoms with Gasteiger partial charge in [-0.2, -0.15) is 0 Å². The smallest absolute Gasteiger partial charge is 0.252 e. The molecule has 1 aliphatic heterocycles. The average molecular weight is 376 g/mol. The molecule has 1 aliphatic rings. The first-order valence-corrected chi connectivity index (χ1v) is 8.12. The highest BCUT2D eigenvalue weighted by molar-refractivity contribution is 6.05. The summed E-state index contributed by atoms with van der Waals surface area (Å²) >= 11 is 0. The molecule has 0 aliphatic carbocycles. The van der Waals surface area contributed by atoms with Crippen LogP contribution in [-0.4, -0.2) is 31.5 Å². The van der Waals surface area contributed by atoms with Crippen molar-refractivity contribution in [1.82, 2.24) is 5.32 Å². The van der Waals surface area contributed by atoms with Crippen LogP contribution in [0.25, 0.3) is 0 Å². The van der Waals surface area contributed by atoms with Crippen LogP contribution in [0.4, 0.5) is 11.4 Å². The highest BCUT2D eigenvalue weighted by Crippen LogP contribution is 2.31. The molecule has 0 bridgehead atoms. The van der Waals surface area contributed by atoms with Gasteiger partial charge < -0.3 is 20.7 Å². The molecule has 1 atom stereocenters. The van der Waals surface area contributed by atoms with Gasteiger partial charge in [-0.05, 0) is 43.2 Å². The highest BCUT2D eigenvalue weighted by atomic mass is 35.5. The molecule has 1 fully saturated rings. The summed E-state index contributed by atoms with van der Waals surface area (Å²) in [4.78, 5) is 26.9. The number of ether oxygens (including phenoxy) is 1. The minimum Gasteiger partial charge on any atom is -0.495 e. The molecule has 0 aromatic heterocycles. The van der Waals surface area contributed by atoms with E-state index >= 15 is 0 Å².